The topological polar surface area (TPSA) is 63.4 Å². The summed E-state index contributed by atoms with van der Waals surface area (Å²) < 4.78 is 0. The lowest BCUT2D eigenvalue weighted by Crippen LogP contribution is -2.36. The van der Waals surface area contributed by atoms with Crippen LogP contribution in [0.4, 0.5) is 5.69 Å². The van der Waals surface area contributed by atoms with E-state index in [2.05, 4.69) is 0 Å². The van der Waals surface area contributed by atoms with Crippen molar-refractivity contribution < 1.29 is 9.59 Å². The molecule has 0 bridgehead atoms. The molecule has 0 saturated carbocycles. The third-order valence-electron chi connectivity index (χ3n) is 4.14. The Morgan fingerprint density at radius 1 is 1.37 bits per heavy atom. The number of anilines is 1. The second kappa shape index (κ2) is 4.78. The summed E-state index contributed by atoms with van der Waals surface area (Å²) in [6.07, 6.45) is 0.274. The number of benzene rings is 1. The molecule has 102 valence electrons. The highest BCUT2D eigenvalue weighted by molar-refractivity contribution is 6.22. The number of hydrogen-bond acceptors (Lipinski definition) is 3. The first-order valence-corrected chi connectivity index (χ1v) is 6.56. The predicted molar refractivity (Wildman–Crippen MR) is 74.4 cm³/mol. The van der Waals surface area contributed by atoms with Crippen LogP contribution in [-0.4, -0.2) is 11.8 Å². The van der Waals surface area contributed by atoms with Crippen LogP contribution >= 0.6 is 0 Å². The first kappa shape index (κ1) is 13.7. The molecule has 2 rings (SSSR count). The zero-order valence-corrected chi connectivity index (χ0v) is 11.6. The minimum atomic E-state index is -0.601. The fourth-order valence-electron chi connectivity index (χ4n) is 2.37. The van der Waals surface area contributed by atoms with Crippen molar-refractivity contribution >= 4 is 17.5 Å². The number of amides is 2. The summed E-state index contributed by atoms with van der Waals surface area (Å²) in [5.74, 6) is -0.108. The zero-order chi connectivity index (χ0) is 14.2. The fraction of sp³-hybridized carbons (Fsp3) is 0.467. The molecule has 2 N–H and O–H groups in total. The van der Waals surface area contributed by atoms with Crippen molar-refractivity contribution in [1.29, 1.82) is 0 Å². The number of hydrogen-bond donors (Lipinski definition) is 1. The number of nitrogens with zero attached hydrogens (tertiary/aromatic N) is 1. The third kappa shape index (κ3) is 2.16. The molecule has 19 heavy (non-hydrogen) atoms. The summed E-state index contributed by atoms with van der Waals surface area (Å²) >= 11 is 0. The summed E-state index contributed by atoms with van der Waals surface area (Å²) in [6.45, 7) is 6.21. The molecule has 1 saturated heterocycles. The molecular formula is C15H20N2O2. The Morgan fingerprint density at radius 2 is 2.05 bits per heavy atom. The molecule has 1 atom stereocenters. The van der Waals surface area contributed by atoms with E-state index in [0.717, 1.165) is 5.56 Å². The van der Waals surface area contributed by atoms with Crippen LogP contribution in [0.2, 0.25) is 0 Å². The van der Waals surface area contributed by atoms with Gasteiger partial charge in [-0.2, -0.15) is 0 Å². The SMILES string of the molecule is CC(C)C1(C)CC(=O)N(c2cccc(CN)c2)C1=O. The minimum Gasteiger partial charge on any atom is -0.326 e. The maximum Gasteiger partial charge on any atom is 0.240 e. The average Bonchev–Trinajstić information content (AvgIpc) is 2.61. The highest BCUT2D eigenvalue weighted by Crippen LogP contribution is 2.41. The fourth-order valence-corrected chi connectivity index (χ4v) is 2.37. The Kier molecular flexibility index (Phi) is 3.45. The molecule has 0 aliphatic carbocycles. The second-order valence-corrected chi connectivity index (χ2v) is 5.66. The van der Waals surface area contributed by atoms with Gasteiger partial charge >= 0.3 is 0 Å². The van der Waals surface area contributed by atoms with Crippen molar-refractivity contribution in [2.45, 2.75) is 33.7 Å². The maximum absolute atomic E-state index is 12.6. The lowest BCUT2D eigenvalue weighted by molar-refractivity contribution is -0.126. The normalized spacial score (nSPS) is 23.5. The van der Waals surface area contributed by atoms with Gasteiger partial charge in [0.25, 0.3) is 0 Å². The Balaban J connectivity index is 2.40. The quantitative estimate of drug-likeness (QED) is 0.846. The van der Waals surface area contributed by atoms with Gasteiger partial charge in [0.05, 0.1) is 11.1 Å². The van der Waals surface area contributed by atoms with E-state index in [1.807, 2.05) is 39.0 Å². The van der Waals surface area contributed by atoms with Gasteiger partial charge in [0.1, 0.15) is 0 Å². The van der Waals surface area contributed by atoms with Gasteiger partial charge in [0, 0.05) is 13.0 Å². The molecule has 1 unspecified atom stereocenters. The Bertz CT molecular complexity index is 525. The summed E-state index contributed by atoms with van der Waals surface area (Å²) in [6, 6.07) is 7.29. The second-order valence-electron chi connectivity index (χ2n) is 5.66. The molecule has 0 aromatic heterocycles. The van der Waals surface area contributed by atoms with Gasteiger partial charge in [-0.3, -0.25) is 14.5 Å². The van der Waals surface area contributed by atoms with Gasteiger partial charge < -0.3 is 5.73 Å². The highest BCUT2D eigenvalue weighted by atomic mass is 16.2. The maximum atomic E-state index is 12.6. The smallest absolute Gasteiger partial charge is 0.240 e. The van der Waals surface area contributed by atoms with Crippen molar-refractivity contribution in [2.24, 2.45) is 17.1 Å². The highest BCUT2D eigenvalue weighted by Gasteiger charge is 2.50. The molecule has 4 heteroatoms. The summed E-state index contributed by atoms with van der Waals surface area (Å²) in [7, 11) is 0. The van der Waals surface area contributed by atoms with Crippen LogP contribution in [0.1, 0.15) is 32.8 Å². The van der Waals surface area contributed by atoms with Crippen molar-refractivity contribution in [3.8, 4) is 0 Å². The van der Waals surface area contributed by atoms with Crippen LogP contribution in [0.25, 0.3) is 0 Å². The van der Waals surface area contributed by atoms with Crippen LogP contribution in [0.15, 0.2) is 24.3 Å². The van der Waals surface area contributed by atoms with Gasteiger partial charge in [-0.25, -0.2) is 0 Å². The summed E-state index contributed by atoms with van der Waals surface area (Å²) in [5.41, 5.74) is 6.54. The van der Waals surface area contributed by atoms with E-state index in [-0.39, 0.29) is 24.2 Å². The zero-order valence-electron chi connectivity index (χ0n) is 11.6. The Morgan fingerprint density at radius 3 is 2.58 bits per heavy atom. The molecule has 1 aliphatic rings. The molecule has 0 spiro atoms. The van der Waals surface area contributed by atoms with E-state index < -0.39 is 5.41 Å². The molecule has 1 heterocycles. The van der Waals surface area contributed by atoms with E-state index in [4.69, 9.17) is 5.73 Å². The van der Waals surface area contributed by atoms with Crippen molar-refractivity contribution in [1.82, 2.24) is 0 Å². The molecule has 4 nitrogen and oxygen atoms in total. The van der Waals surface area contributed by atoms with Gasteiger partial charge in [-0.1, -0.05) is 26.0 Å². The van der Waals surface area contributed by atoms with Crippen LogP contribution < -0.4 is 10.6 Å². The van der Waals surface area contributed by atoms with Crippen LogP contribution in [0, 0.1) is 11.3 Å². The van der Waals surface area contributed by atoms with Crippen LogP contribution in [0.3, 0.4) is 0 Å². The standard InChI is InChI=1S/C15H20N2O2/c1-10(2)15(3)8-13(18)17(14(15)19)12-6-4-5-11(7-12)9-16/h4-7,10H,8-9,16H2,1-3H3. The van der Waals surface area contributed by atoms with Crippen molar-refractivity contribution in [3.63, 3.8) is 0 Å². The number of imide groups is 1. The van der Waals surface area contributed by atoms with Crippen LogP contribution in [-0.2, 0) is 16.1 Å². The minimum absolute atomic E-state index is 0.110. The molecule has 0 radical (unpaired) electrons. The van der Waals surface area contributed by atoms with Crippen molar-refractivity contribution in [2.75, 3.05) is 4.90 Å². The van der Waals surface area contributed by atoms with Gasteiger partial charge in [0.15, 0.2) is 0 Å². The molecule has 1 aromatic rings. The molecular weight excluding hydrogens is 240 g/mol. The van der Waals surface area contributed by atoms with E-state index in [1.165, 1.54) is 4.90 Å². The summed E-state index contributed by atoms with van der Waals surface area (Å²) in [5, 5.41) is 0. The van der Waals surface area contributed by atoms with E-state index in [0.29, 0.717) is 12.2 Å². The largest absolute Gasteiger partial charge is 0.326 e. The number of carbonyl (C=O) groups excluding carboxylic acids is 2. The molecule has 1 fully saturated rings. The van der Waals surface area contributed by atoms with E-state index in [9.17, 15) is 9.59 Å². The average molecular weight is 260 g/mol. The van der Waals surface area contributed by atoms with Crippen molar-refractivity contribution in [3.05, 3.63) is 29.8 Å². The predicted octanol–water partition coefficient (Wildman–Crippen LogP) is 2.07. The van der Waals surface area contributed by atoms with E-state index in [1.54, 1.807) is 6.07 Å². The molecule has 1 aliphatic heterocycles. The number of rotatable bonds is 3. The monoisotopic (exact) mass is 260 g/mol. The third-order valence-corrected chi connectivity index (χ3v) is 4.14. The number of carbonyl (C=O) groups is 2. The lowest BCUT2D eigenvalue weighted by Gasteiger charge is -2.26. The van der Waals surface area contributed by atoms with Gasteiger partial charge in [-0.15, -0.1) is 0 Å². The Hall–Kier alpha value is -1.68. The summed E-state index contributed by atoms with van der Waals surface area (Å²) in [4.78, 5) is 26.0. The van der Waals surface area contributed by atoms with Gasteiger partial charge in [0.2, 0.25) is 11.8 Å². The first-order valence-electron chi connectivity index (χ1n) is 6.56. The van der Waals surface area contributed by atoms with Gasteiger partial charge in [-0.05, 0) is 30.5 Å². The molecule has 2 amide bonds. The Labute approximate surface area is 113 Å². The van der Waals surface area contributed by atoms with E-state index >= 15 is 0 Å². The van der Waals surface area contributed by atoms with Crippen LogP contribution in [0.5, 0.6) is 0 Å². The molecule has 1 aromatic carbocycles. The lowest BCUT2D eigenvalue weighted by atomic mass is 9.78. The number of nitrogens with two attached hydrogens (primary N) is 1. The first-order chi connectivity index (χ1) is 8.90.